The molecule has 0 spiro atoms. The van der Waals surface area contributed by atoms with Gasteiger partial charge in [0.1, 0.15) is 6.33 Å². The maximum Gasteiger partial charge on any atom is 0.308 e. The Hall–Kier alpha value is -1.38. The minimum absolute atomic E-state index is 0.469. The van der Waals surface area contributed by atoms with Crippen LogP contribution in [-0.2, 0) is 10.2 Å². The molecule has 1 aromatic carbocycles. The molecule has 2 heterocycles. The number of imidazole rings is 1. The van der Waals surface area contributed by atoms with Crippen LogP contribution in [0.3, 0.4) is 0 Å². The Morgan fingerprint density at radius 3 is 2.29 bits per heavy atom. The largest absolute Gasteiger partial charge is 0.369 e. The van der Waals surface area contributed by atoms with E-state index in [-0.39, 0.29) is 0 Å². The SMILES string of the molecule is O=S(=O)(N1CCN(c2ccc(Br)cc2)CC1)n1ccnc1. The first-order valence-corrected chi connectivity index (χ1v) is 8.75. The fourth-order valence-electron chi connectivity index (χ4n) is 2.35. The summed E-state index contributed by atoms with van der Waals surface area (Å²) in [6, 6.07) is 8.04. The highest BCUT2D eigenvalue weighted by Gasteiger charge is 2.28. The fourth-order valence-corrected chi connectivity index (χ4v) is 3.88. The summed E-state index contributed by atoms with van der Waals surface area (Å²) in [6.07, 6.45) is 4.24. The molecule has 0 radical (unpaired) electrons. The van der Waals surface area contributed by atoms with Crippen molar-refractivity contribution < 1.29 is 8.42 Å². The Balaban J connectivity index is 1.69. The van der Waals surface area contributed by atoms with Gasteiger partial charge >= 0.3 is 10.2 Å². The normalized spacial score (nSPS) is 17.1. The molecule has 8 heteroatoms. The first-order valence-electron chi connectivity index (χ1n) is 6.56. The van der Waals surface area contributed by atoms with Gasteiger partial charge in [-0.15, -0.1) is 0 Å². The van der Waals surface area contributed by atoms with Crippen LogP contribution in [0.5, 0.6) is 0 Å². The van der Waals surface area contributed by atoms with Crippen molar-refractivity contribution in [2.24, 2.45) is 0 Å². The van der Waals surface area contributed by atoms with Gasteiger partial charge in [0.05, 0.1) is 0 Å². The second-order valence-corrected chi connectivity index (χ2v) is 7.51. The smallest absolute Gasteiger partial charge is 0.308 e. The molecule has 1 saturated heterocycles. The first-order chi connectivity index (χ1) is 10.1. The molecule has 6 nitrogen and oxygen atoms in total. The van der Waals surface area contributed by atoms with Crippen molar-refractivity contribution in [3.05, 3.63) is 47.5 Å². The van der Waals surface area contributed by atoms with E-state index >= 15 is 0 Å². The minimum atomic E-state index is -3.48. The molecule has 21 heavy (non-hydrogen) atoms. The minimum Gasteiger partial charge on any atom is -0.369 e. The van der Waals surface area contributed by atoms with E-state index < -0.39 is 10.2 Å². The lowest BCUT2D eigenvalue weighted by Gasteiger charge is -2.35. The van der Waals surface area contributed by atoms with E-state index in [4.69, 9.17) is 0 Å². The fraction of sp³-hybridized carbons (Fsp3) is 0.308. The molecule has 0 N–H and O–H groups in total. The molecule has 0 atom stereocenters. The lowest BCUT2D eigenvalue weighted by molar-refractivity contribution is 0.380. The van der Waals surface area contributed by atoms with Gasteiger partial charge in [-0.05, 0) is 24.3 Å². The van der Waals surface area contributed by atoms with Gasteiger partial charge in [-0.2, -0.15) is 12.7 Å². The van der Waals surface area contributed by atoms with Gasteiger partial charge in [-0.3, -0.25) is 0 Å². The summed E-state index contributed by atoms with van der Waals surface area (Å²) in [5, 5.41) is 0. The van der Waals surface area contributed by atoms with Crippen LogP contribution >= 0.6 is 15.9 Å². The maximum atomic E-state index is 12.4. The summed E-state index contributed by atoms with van der Waals surface area (Å²) >= 11 is 3.41. The number of piperazine rings is 1. The van der Waals surface area contributed by atoms with Gasteiger partial charge in [0.15, 0.2) is 0 Å². The first kappa shape index (κ1) is 14.6. The van der Waals surface area contributed by atoms with Crippen molar-refractivity contribution in [2.45, 2.75) is 0 Å². The summed E-state index contributed by atoms with van der Waals surface area (Å²) in [4.78, 5) is 5.98. The highest BCUT2D eigenvalue weighted by atomic mass is 79.9. The molecule has 1 aromatic heterocycles. The average Bonchev–Trinajstić information content (AvgIpc) is 3.03. The highest BCUT2D eigenvalue weighted by molar-refractivity contribution is 9.10. The molecule has 1 aliphatic heterocycles. The summed E-state index contributed by atoms with van der Waals surface area (Å²) in [7, 11) is -3.48. The number of benzene rings is 1. The third kappa shape index (κ3) is 2.97. The Morgan fingerprint density at radius 1 is 1.05 bits per heavy atom. The predicted octanol–water partition coefficient (Wildman–Crippen LogP) is 1.56. The Labute approximate surface area is 132 Å². The summed E-state index contributed by atoms with van der Waals surface area (Å²) < 4.78 is 28.4. The van der Waals surface area contributed by atoms with E-state index in [9.17, 15) is 8.42 Å². The van der Waals surface area contributed by atoms with E-state index in [1.165, 1.54) is 23.0 Å². The molecular formula is C13H15BrN4O2S. The van der Waals surface area contributed by atoms with Crippen LogP contribution in [0.1, 0.15) is 0 Å². The van der Waals surface area contributed by atoms with E-state index in [1.807, 2.05) is 24.3 Å². The number of rotatable bonds is 3. The third-order valence-electron chi connectivity index (χ3n) is 3.50. The van der Waals surface area contributed by atoms with Crippen molar-refractivity contribution in [1.82, 2.24) is 13.3 Å². The summed E-state index contributed by atoms with van der Waals surface area (Å²) in [5.74, 6) is 0. The van der Waals surface area contributed by atoms with Crippen LogP contribution in [0.15, 0.2) is 47.5 Å². The molecule has 2 aromatic rings. The van der Waals surface area contributed by atoms with Crippen LogP contribution in [0.2, 0.25) is 0 Å². The van der Waals surface area contributed by atoms with Crippen molar-refractivity contribution in [3.63, 3.8) is 0 Å². The van der Waals surface area contributed by atoms with E-state index in [0.717, 1.165) is 14.1 Å². The van der Waals surface area contributed by atoms with E-state index in [1.54, 1.807) is 0 Å². The second-order valence-electron chi connectivity index (χ2n) is 4.76. The monoisotopic (exact) mass is 370 g/mol. The van der Waals surface area contributed by atoms with E-state index in [0.29, 0.717) is 26.2 Å². The topological polar surface area (TPSA) is 58.4 Å². The standard InChI is InChI=1S/C13H15BrN4O2S/c14-12-1-3-13(4-2-12)16-7-9-17(10-8-16)21(19,20)18-6-5-15-11-18/h1-6,11H,7-10H2. The number of aromatic nitrogens is 2. The molecule has 0 amide bonds. The third-order valence-corrected chi connectivity index (χ3v) is 5.80. The van der Waals surface area contributed by atoms with Crippen molar-refractivity contribution in [3.8, 4) is 0 Å². The molecule has 1 fully saturated rings. The number of hydrogen-bond donors (Lipinski definition) is 0. The van der Waals surface area contributed by atoms with Crippen molar-refractivity contribution in [1.29, 1.82) is 0 Å². The Kier molecular flexibility index (Phi) is 4.01. The van der Waals surface area contributed by atoms with Gasteiger partial charge < -0.3 is 4.90 Å². The van der Waals surface area contributed by atoms with E-state index in [2.05, 4.69) is 25.8 Å². The molecule has 0 unspecified atom stereocenters. The van der Waals surface area contributed by atoms with Crippen molar-refractivity contribution >= 4 is 31.8 Å². The summed E-state index contributed by atoms with van der Waals surface area (Å²) in [5.41, 5.74) is 1.11. The molecule has 112 valence electrons. The molecule has 0 saturated carbocycles. The quantitative estimate of drug-likeness (QED) is 0.822. The Bertz CT molecular complexity index is 692. The molecule has 3 rings (SSSR count). The number of anilines is 1. The number of hydrogen-bond acceptors (Lipinski definition) is 4. The molecule has 0 aliphatic carbocycles. The second kappa shape index (κ2) is 5.78. The predicted molar refractivity (Wildman–Crippen MR) is 84.5 cm³/mol. The zero-order valence-electron chi connectivity index (χ0n) is 11.3. The van der Waals surface area contributed by atoms with Gasteiger partial charge in [-0.1, -0.05) is 15.9 Å². The average molecular weight is 371 g/mol. The lowest BCUT2D eigenvalue weighted by Crippen LogP contribution is -2.50. The van der Waals surface area contributed by atoms with Crippen LogP contribution in [-0.4, -0.2) is 47.9 Å². The summed E-state index contributed by atoms with van der Waals surface area (Å²) in [6.45, 7) is 2.29. The number of nitrogens with zero attached hydrogens (tertiary/aromatic N) is 4. The van der Waals surface area contributed by atoms with Crippen LogP contribution in [0.25, 0.3) is 0 Å². The molecule has 0 bridgehead atoms. The zero-order valence-corrected chi connectivity index (χ0v) is 13.7. The van der Waals surface area contributed by atoms with Gasteiger partial charge in [0, 0.05) is 48.7 Å². The number of halogens is 1. The maximum absolute atomic E-state index is 12.4. The molecular weight excluding hydrogens is 356 g/mol. The van der Waals surface area contributed by atoms with Gasteiger partial charge in [0.25, 0.3) is 0 Å². The van der Waals surface area contributed by atoms with Gasteiger partial charge in [-0.25, -0.2) is 8.96 Å². The highest BCUT2D eigenvalue weighted by Crippen LogP contribution is 2.20. The van der Waals surface area contributed by atoms with Crippen LogP contribution in [0, 0.1) is 0 Å². The van der Waals surface area contributed by atoms with Crippen LogP contribution < -0.4 is 4.90 Å². The molecule has 1 aliphatic rings. The zero-order chi connectivity index (χ0) is 14.9. The van der Waals surface area contributed by atoms with Crippen LogP contribution in [0.4, 0.5) is 5.69 Å². The Morgan fingerprint density at radius 2 is 1.71 bits per heavy atom. The van der Waals surface area contributed by atoms with Crippen molar-refractivity contribution in [2.75, 3.05) is 31.1 Å². The lowest BCUT2D eigenvalue weighted by atomic mass is 10.2. The van der Waals surface area contributed by atoms with Gasteiger partial charge in [0.2, 0.25) is 0 Å².